The summed E-state index contributed by atoms with van der Waals surface area (Å²) < 4.78 is 18.8. The van der Waals surface area contributed by atoms with Gasteiger partial charge in [-0.15, -0.1) is 0 Å². The van der Waals surface area contributed by atoms with Gasteiger partial charge in [-0.3, -0.25) is 9.59 Å². The predicted molar refractivity (Wildman–Crippen MR) is 87.4 cm³/mol. The molecule has 126 valence electrons. The van der Waals surface area contributed by atoms with Crippen molar-refractivity contribution in [2.24, 2.45) is 5.92 Å². The van der Waals surface area contributed by atoms with Crippen molar-refractivity contribution in [3.63, 3.8) is 0 Å². The average molecular weight is 351 g/mol. The molecule has 1 aliphatic rings. The van der Waals surface area contributed by atoms with E-state index < -0.39 is 5.82 Å². The predicted octanol–water partition coefficient (Wildman–Crippen LogP) is 3.56. The van der Waals surface area contributed by atoms with Crippen LogP contribution in [-0.2, 0) is 4.79 Å². The quantitative estimate of drug-likeness (QED) is 0.920. The Morgan fingerprint density at radius 2 is 2.00 bits per heavy atom. The SMILES string of the molecule is O=C(Nc1cc(Cl)ccc1F)C1CCN(C(=O)c2ccco2)CC1. The number of furan rings is 1. The summed E-state index contributed by atoms with van der Waals surface area (Å²) >= 11 is 5.82. The van der Waals surface area contributed by atoms with Crippen molar-refractivity contribution < 1.29 is 18.4 Å². The maximum Gasteiger partial charge on any atom is 0.289 e. The highest BCUT2D eigenvalue weighted by atomic mass is 35.5. The van der Waals surface area contributed by atoms with E-state index in [2.05, 4.69) is 5.32 Å². The lowest BCUT2D eigenvalue weighted by atomic mass is 9.95. The van der Waals surface area contributed by atoms with E-state index in [1.807, 2.05) is 0 Å². The van der Waals surface area contributed by atoms with Gasteiger partial charge in [0.15, 0.2) is 5.76 Å². The minimum atomic E-state index is -0.529. The number of piperidine rings is 1. The Balaban J connectivity index is 1.57. The van der Waals surface area contributed by atoms with Crippen molar-refractivity contribution in [1.29, 1.82) is 0 Å². The molecule has 2 heterocycles. The highest BCUT2D eigenvalue weighted by Crippen LogP contribution is 2.24. The normalized spacial score (nSPS) is 15.3. The minimum absolute atomic E-state index is 0.0709. The molecule has 24 heavy (non-hydrogen) atoms. The van der Waals surface area contributed by atoms with Crippen LogP contribution in [0.15, 0.2) is 41.0 Å². The summed E-state index contributed by atoms with van der Waals surface area (Å²) in [5.41, 5.74) is 0.0709. The number of likely N-dealkylation sites (tertiary alicyclic amines) is 1. The van der Waals surface area contributed by atoms with E-state index in [0.29, 0.717) is 36.7 Å². The number of halogens is 2. The van der Waals surface area contributed by atoms with E-state index >= 15 is 0 Å². The van der Waals surface area contributed by atoms with Crippen molar-refractivity contribution in [3.8, 4) is 0 Å². The van der Waals surface area contributed by atoms with E-state index in [1.54, 1.807) is 17.0 Å². The Labute approximate surface area is 143 Å². The molecule has 7 heteroatoms. The maximum absolute atomic E-state index is 13.7. The second kappa shape index (κ2) is 7.05. The zero-order valence-electron chi connectivity index (χ0n) is 12.8. The number of hydrogen-bond acceptors (Lipinski definition) is 3. The zero-order chi connectivity index (χ0) is 17.1. The third-order valence-electron chi connectivity index (χ3n) is 4.07. The van der Waals surface area contributed by atoms with Crippen LogP contribution in [0.2, 0.25) is 5.02 Å². The molecule has 1 aromatic heterocycles. The molecule has 0 aliphatic carbocycles. The summed E-state index contributed by atoms with van der Waals surface area (Å²) in [5, 5.41) is 2.92. The van der Waals surface area contributed by atoms with Crippen molar-refractivity contribution in [3.05, 3.63) is 53.2 Å². The highest BCUT2D eigenvalue weighted by Gasteiger charge is 2.29. The first-order chi connectivity index (χ1) is 11.5. The van der Waals surface area contributed by atoms with E-state index in [9.17, 15) is 14.0 Å². The number of hydrogen-bond donors (Lipinski definition) is 1. The van der Waals surface area contributed by atoms with Gasteiger partial charge in [0.2, 0.25) is 5.91 Å². The van der Waals surface area contributed by atoms with E-state index in [1.165, 1.54) is 24.5 Å². The molecule has 2 aromatic rings. The minimum Gasteiger partial charge on any atom is -0.459 e. The van der Waals surface area contributed by atoms with Gasteiger partial charge in [-0.25, -0.2) is 4.39 Å². The van der Waals surface area contributed by atoms with Gasteiger partial charge in [0.1, 0.15) is 5.82 Å². The molecule has 0 unspecified atom stereocenters. The Hall–Kier alpha value is -2.34. The standard InChI is InChI=1S/C17H16ClFN2O3/c18-12-3-4-13(19)14(10-12)20-16(22)11-5-7-21(8-6-11)17(23)15-2-1-9-24-15/h1-4,9-11H,5-8H2,(H,20,22). The third-order valence-corrected chi connectivity index (χ3v) is 4.31. The number of amides is 2. The fraction of sp³-hybridized carbons (Fsp3) is 0.294. The lowest BCUT2D eigenvalue weighted by Gasteiger charge is -2.30. The zero-order valence-corrected chi connectivity index (χ0v) is 13.6. The maximum atomic E-state index is 13.7. The average Bonchev–Trinajstić information content (AvgIpc) is 3.12. The van der Waals surface area contributed by atoms with Gasteiger partial charge in [-0.1, -0.05) is 11.6 Å². The summed E-state index contributed by atoms with van der Waals surface area (Å²) in [7, 11) is 0. The van der Waals surface area contributed by atoms with Crippen LogP contribution in [0.3, 0.4) is 0 Å². The fourth-order valence-electron chi connectivity index (χ4n) is 2.73. The highest BCUT2D eigenvalue weighted by molar-refractivity contribution is 6.30. The van der Waals surface area contributed by atoms with E-state index in [0.717, 1.165) is 0 Å². The van der Waals surface area contributed by atoms with Crippen LogP contribution in [0, 0.1) is 11.7 Å². The Bertz CT molecular complexity index is 740. The lowest BCUT2D eigenvalue weighted by molar-refractivity contribution is -0.121. The largest absolute Gasteiger partial charge is 0.459 e. The number of benzene rings is 1. The second-order valence-electron chi connectivity index (χ2n) is 5.66. The number of carbonyl (C=O) groups excluding carboxylic acids is 2. The van der Waals surface area contributed by atoms with Gasteiger partial charge in [-0.05, 0) is 43.2 Å². The van der Waals surface area contributed by atoms with Crippen LogP contribution >= 0.6 is 11.6 Å². The van der Waals surface area contributed by atoms with Crippen molar-refractivity contribution >= 4 is 29.1 Å². The molecular weight excluding hydrogens is 335 g/mol. The smallest absolute Gasteiger partial charge is 0.289 e. The number of carbonyl (C=O) groups is 2. The molecule has 0 radical (unpaired) electrons. The molecule has 3 rings (SSSR count). The Kier molecular flexibility index (Phi) is 4.85. The Morgan fingerprint density at radius 1 is 1.25 bits per heavy atom. The summed E-state index contributed by atoms with van der Waals surface area (Å²) in [6, 6.07) is 7.29. The summed E-state index contributed by atoms with van der Waals surface area (Å²) in [5.74, 6) is -0.956. The molecule has 1 N–H and O–H groups in total. The number of rotatable bonds is 3. The van der Waals surface area contributed by atoms with Crippen LogP contribution in [0.5, 0.6) is 0 Å². The van der Waals surface area contributed by atoms with Crippen LogP contribution in [0.4, 0.5) is 10.1 Å². The van der Waals surface area contributed by atoms with Crippen LogP contribution < -0.4 is 5.32 Å². The molecule has 1 saturated heterocycles. The molecule has 1 aliphatic heterocycles. The topological polar surface area (TPSA) is 62.6 Å². The fourth-order valence-corrected chi connectivity index (χ4v) is 2.90. The van der Waals surface area contributed by atoms with Crippen LogP contribution in [0.25, 0.3) is 0 Å². The van der Waals surface area contributed by atoms with Crippen LogP contribution in [0.1, 0.15) is 23.4 Å². The number of nitrogens with zero attached hydrogens (tertiary/aromatic N) is 1. The van der Waals surface area contributed by atoms with Crippen LogP contribution in [-0.4, -0.2) is 29.8 Å². The first-order valence-corrected chi connectivity index (χ1v) is 8.01. The van der Waals surface area contributed by atoms with Gasteiger partial charge >= 0.3 is 0 Å². The molecule has 0 saturated carbocycles. The van der Waals surface area contributed by atoms with Crippen molar-refractivity contribution in [2.75, 3.05) is 18.4 Å². The molecule has 1 aromatic carbocycles. The van der Waals surface area contributed by atoms with Gasteiger partial charge in [-0.2, -0.15) is 0 Å². The summed E-state index contributed by atoms with van der Waals surface area (Å²) in [6.07, 6.45) is 2.48. The molecular formula is C17H16ClFN2O3. The molecule has 5 nitrogen and oxygen atoms in total. The molecule has 2 amide bonds. The van der Waals surface area contributed by atoms with Crippen molar-refractivity contribution in [1.82, 2.24) is 4.90 Å². The first kappa shape index (κ1) is 16.5. The van der Waals surface area contributed by atoms with E-state index in [4.69, 9.17) is 16.0 Å². The van der Waals surface area contributed by atoms with Gasteiger partial charge in [0, 0.05) is 24.0 Å². The first-order valence-electron chi connectivity index (χ1n) is 7.63. The third kappa shape index (κ3) is 3.59. The van der Waals surface area contributed by atoms with Gasteiger partial charge in [0.25, 0.3) is 5.91 Å². The second-order valence-corrected chi connectivity index (χ2v) is 6.09. The summed E-state index contributed by atoms with van der Waals surface area (Å²) in [4.78, 5) is 26.1. The van der Waals surface area contributed by atoms with Gasteiger partial charge in [0.05, 0.1) is 12.0 Å². The van der Waals surface area contributed by atoms with E-state index in [-0.39, 0.29) is 23.4 Å². The van der Waals surface area contributed by atoms with Crippen molar-refractivity contribution in [2.45, 2.75) is 12.8 Å². The summed E-state index contributed by atoms with van der Waals surface area (Å²) in [6.45, 7) is 0.908. The Morgan fingerprint density at radius 3 is 2.67 bits per heavy atom. The molecule has 0 spiro atoms. The van der Waals surface area contributed by atoms with Gasteiger partial charge < -0.3 is 14.6 Å². The lowest BCUT2D eigenvalue weighted by Crippen LogP contribution is -2.41. The monoisotopic (exact) mass is 350 g/mol. The molecule has 1 fully saturated rings. The molecule has 0 bridgehead atoms. The molecule has 0 atom stereocenters. The number of nitrogens with one attached hydrogen (secondary N) is 1. The number of anilines is 1.